The Morgan fingerprint density at radius 2 is 2.20 bits per heavy atom. The predicted octanol–water partition coefficient (Wildman–Crippen LogP) is 2.39. The molecule has 0 saturated heterocycles. The first kappa shape index (κ1) is 10.1. The van der Waals surface area contributed by atoms with Crippen molar-refractivity contribution < 1.29 is 4.39 Å². The van der Waals surface area contributed by atoms with Crippen molar-refractivity contribution in [1.29, 1.82) is 5.26 Å². The maximum absolute atomic E-state index is 13.4. The Hall–Kier alpha value is -1.40. The van der Waals surface area contributed by atoms with Crippen LogP contribution in [0.4, 0.5) is 4.39 Å². The maximum atomic E-state index is 13.4. The normalized spacial score (nSPS) is 17.1. The second-order valence-electron chi connectivity index (χ2n) is 3.94. The Bertz CT molecular complexity index is 379. The lowest BCUT2D eigenvalue weighted by Gasteiger charge is -2.11. The molecule has 1 unspecified atom stereocenters. The maximum Gasteiger partial charge on any atom is 0.129 e. The molecule has 1 N–H and O–H groups in total. The first-order chi connectivity index (χ1) is 7.31. The minimum Gasteiger partial charge on any atom is -0.298 e. The van der Waals surface area contributed by atoms with Gasteiger partial charge >= 0.3 is 0 Å². The van der Waals surface area contributed by atoms with Gasteiger partial charge in [0.15, 0.2) is 0 Å². The average Bonchev–Trinajstić information content (AvgIpc) is 3.05. The highest BCUT2D eigenvalue weighted by atomic mass is 19.1. The number of nitrogens with zero attached hydrogens (tertiary/aromatic N) is 1. The average molecular weight is 204 g/mol. The van der Waals surface area contributed by atoms with E-state index in [0.717, 1.165) is 6.54 Å². The zero-order chi connectivity index (χ0) is 10.7. The molecule has 0 spiro atoms. The van der Waals surface area contributed by atoms with Crippen molar-refractivity contribution in [3.63, 3.8) is 0 Å². The van der Waals surface area contributed by atoms with Crippen molar-refractivity contribution in [3.05, 3.63) is 35.6 Å². The topological polar surface area (TPSA) is 35.8 Å². The third-order valence-corrected chi connectivity index (χ3v) is 2.65. The minimum atomic E-state index is -0.521. The van der Waals surface area contributed by atoms with Gasteiger partial charge in [0.1, 0.15) is 11.9 Å². The van der Waals surface area contributed by atoms with Crippen LogP contribution in [0.1, 0.15) is 24.4 Å². The van der Waals surface area contributed by atoms with E-state index in [2.05, 4.69) is 11.4 Å². The van der Waals surface area contributed by atoms with E-state index in [1.54, 1.807) is 18.2 Å². The van der Waals surface area contributed by atoms with Crippen LogP contribution in [0.3, 0.4) is 0 Å². The zero-order valence-electron chi connectivity index (χ0n) is 8.41. The Balaban J connectivity index is 2.05. The summed E-state index contributed by atoms with van der Waals surface area (Å²) in [4.78, 5) is 0. The summed E-state index contributed by atoms with van der Waals surface area (Å²) in [5, 5.41) is 12.0. The number of hydrogen-bond acceptors (Lipinski definition) is 2. The van der Waals surface area contributed by atoms with Crippen LogP contribution in [0.25, 0.3) is 0 Å². The van der Waals surface area contributed by atoms with Gasteiger partial charge in [-0.25, -0.2) is 4.39 Å². The molecule has 2 nitrogen and oxygen atoms in total. The van der Waals surface area contributed by atoms with E-state index in [0.29, 0.717) is 11.5 Å². The van der Waals surface area contributed by atoms with Crippen molar-refractivity contribution >= 4 is 0 Å². The molecule has 0 amide bonds. The molecule has 1 fully saturated rings. The van der Waals surface area contributed by atoms with Crippen molar-refractivity contribution in [3.8, 4) is 6.07 Å². The molecule has 0 bridgehead atoms. The highest BCUT2D eigenvalue weighted by Gasteiger charge is 2.23. The lowest BCUT2D eigenvalue weighted by atomic mass is 10.1. The van der Waals surface area contributed by atoms with Gasteiger partial charge in [-0.05, 0) is 31.4 Å². The molecule has 1 aromatic carbocycles. The van der Waals surface area contributed by atoms with Crippen molar-refractivity contribution in [2.45, 2.75) is 18.9 Å². The van der Waals surface area contributed by atoms with Gasteiger partial charge in [-0.1, -0.05) is 18.2 Å². The minimum absolute atomic E-state index is 0.313. The van der Waals surface area contributed by atoms with Gasteiger partial charge in [0.05, 0.1) is 6.07 Å². The number of benzene rings is 1. The van der Waals surface area contributed by atoms with Gasteiger partial charge in [0, 0.05) is 5.56 Å². The van der Waals surface area contributed by atoms with E-state index < -0.39 is 6.04 Å². The molecule has 0 heterocycles. The van der Waals surface area contributed by atoms with E-state index in [4.69, 9.17) is 5.26 Å². The summed E-state index contributed by atoms with van der Waals surface area (Å²) in [5.41, 5.74) is 0.445. The molecule has 3 heteroatoms. The molecule has 1 saturated carbocycles. The number of hydrogen-bond donors (Lipinski definition) is 1. The van der Waals surface area contributed by atoms with E-state index in [1.165, 1.54) is 18.9 Å². The molecule has 0 aromatic heterocycles. The van der Waals surface area contributed by atoms with Crippen LogP contribution >= 0.6 is 0 Å². The molecule has 15 heavy (non-hydrogen) atoms. The molecular weight excluding hydrogens is 191 g/mol. The summed E-state index contributed by atoms with van der Waals surface area (Å²) in [6, 6.07) is 8.00. The lowest BCUT2D eigenvalue weighted by molar-refractivity contribution is 0.548. The van der Waals surface area contributed by atoms with E-state index in [9.17, 15) is 4.39 Å². The molecule has 1 aliphatic carbocycles. The molecule has 78 valence electrons. The summed E-state index contributed by atoms with van der Waals surface area (Å²) in [7, 11) is 0. The molecule has 1 aromatic rings. The fraction of sp³-hybridized carbons (Fsp3) is 0.417. The van der Waals surface area contributed by atoms with E-state index in [-0.39, 0.29) is 5.82 Å². The molecule has 1 aliphatic rings. The van der Waals surface area contributed by atoms with Crippen LogP contribution in [-0.4, -0.2) is 6.54 Å². The van der Waals surface area contributed by atoms with Crippen molar-refractivity contribution in [1.82, 2.24) is 5.32 Å². The highest BCUT2D eigenvalue weighted by molar-refractivity contribution is 5.25. The Morgan fingerprint density at radius 1 is 1.47 bits per heavy atom. The van der Waals surface area contributed by atoms with Gasteiger partial charge in [-0.3, -0.25) is 5.32 Å². The third kappa shape index (κ3) is 2.54. The van der Waals surface area contributed by atoms with Gasteiger partial charge in [0.25, 0.3) is 0 Å². The summed E-state index contributed by atoms with van der Waals surface area (Å²) in [6.07, 6.45) is 2.45. The predicted molar refractivity (Wildman–Crippen MR) is 55.5 cm³/mol. The van der Waals surface area contributed by atoms with Gasteiger partial charge in [-0.15, -0.1) is 0 Å². The number of halogens is 1. The van der Waals surface area contributed by atoms with Crippen LogP contribution in [0, 0.1) is 23.1 Å². The largest absolute Gasteiger partial charge is 0.298 e. The summed E-state index contributed by atoms with van der Waals surface area (Å²) >= 11 is 0. The van der Waals surface area contributed by atoms with Gasteiger partial charge in [0.2, 0.25) is 0 Å². The Labute approximate surface area is 88.7 Å². The van der Waals surface area contributed by atoms with Gasteiger partial charge in [-0.2, -0.15) is 5.26 Å². The first-order valence-electron chi connectivity index (χ1n) is 5.18. The van der Waals surface area contributed by atoms with Gasteiger partial charge < -0.3 is 0 Å². The van der Waals surface area contributed by atoms with Crippen LogP contribution in [0.15, 0.2) is 24.3 Å². The van der Waals surface area contributed by atoms with E-state index in [1.807, 2.05) is 0 Å². The summed E-state index contributed by atoms with van der Waals surface area (Å²) < 4.78 is 13.4. The molecule has 1 atom stereocenters. The molecule has 0 radical (unpaired) electrons. The second kappa shape index (κ2) is 4.41. The molecule has 2 rings (SSSR count). The van der Waals surface area contributed by atoms with Crippen molar-refractivity contribution in [2.75, 3.05) is 6.54 Å². The van der Waals surface area contributed by atoms with Crippen LogP contribution < -0.4 is 5.32 Å². The molecule has 0 aliphatic heterocycles. The number of rotatable bonds is 4. The third-order valence-electron chi connectivity index (χ3n) is 2.65. The summed E-state index contributed by atoms with van der Waals surface area (Å²) in [5.74, 6) is 0.375. The smallest absolute Gasteiger partial charge is 0.129 e. The SMILES string of the molecule is N#CC(NCC1CC1)c1ccccc1F. The van der Waals surface area contributed by atoms with Crippen LogP contribution in [0.5, 0.6) is 0 Å². The Kier molecular flexibility index (Phi) is 2.98. The van der Waals surface area contributed by atoms with Crippen molar-refractivity contribution in [2.24, 2.45) is 5.92 Å². The number of nitriles is 1. The Morgan fingerprint density at radius 3 is 2.80 bits per heavy atom. The van der Waals surface area contributed by atoms with Crippen LogP contribution in [0.2, 0.25) is 0 Å². The lowest BCUT2D eigenvalue weighted by Crippen LogP contribution is -2.23. The van der Waals surface area contributed by atoms with Crippen LogP contribution in [-0.2, 0) is 0 Å². The fourth-order valence-electron chi connectivity index (χ4n) is 1.54. The quantitative estimate of drug-likeness (QED) is 0.817. The second-order valence-corrected chi connectivity index (χ2v) is 3.94. The highest BCUT2D eigenvalue weighted by Crippen LogP contribution is 2.28. The van der Waals surface area contributed by atoms with E-state index >= 15 is 0 Å². The first-order valence-corrected chi connectivity index (χ1v) is 5.18. The number of nitrogens with one attached hydrogen (secondary N) is 1. The standard InChI is InChI=1S/C12H13FN2/c13-11-4-2-1-3-10(11)12(7-14)15-8-9-5-6-9/h1-4,9,12,15H,5-6,8H2. The fourth-order valence-corrected chi connectivity index (χ4v) is 1.54. The zero-order valence-corrected chi connectivity index (χ0v) is 8.41. The summed E-state index contributed by atoms with van der Waals surface area (Å²) in [6.45, 7) is 0.812. The molecular formula is C12H13FN2. The monoisotopic (exact) mass is 204 g/mol.